The first-order chi connectivity index (χ1) is 8.13. The summed E-state index contributed by atoms with van der Waals surface area (Å²) in [4.78, 5) is 11.3. The first-order valence-corrected chi connectivity index (χ1v) is 5.97. The molecule has 0 radical (unpaired) electrons. The lowest BCUT2D eigenvalue weighted by Gasteiger charge is -2.08. The smallest absolute Gasteiger partial charge is 0.315 e. The minimum atomic E-state index is -0.411. The van der Waals surface area contributed by atoms with Crippen LogP contribution in [-0.4, -0.2) is 12.6 Å². The topological polar surface area (TPSA) is 41.1 Å². The molecule has 3 nitrogen and oxygen atoms in total. The number of carbonyl (C=O) groups excluding carboxylic acids is 1. The molecule has 0 aromatic heterocycles. The lowest BCUT2D eigenvalue weighted by molar-refractivity contribution is 0.240. The average Bonchev–Trinajstić information content (AvgIpc) is 2.28. The van der Waals surface area contributed by atoms with Crippen LogP contribution in [0.1, 0.15) is 25.3 Å². The van der Waals surface area contributed by atoms with E-state index in [1.165, 1.54) is 6.07 Å². The number of unbranched alkanes of at least 4 members (excludes halogenated alkanes) is 1. The third kappa shape index (κ3) is 5.04. The zero-order chi connectivity index (χ0) is 12.7. The van der Waals surface area contributed by atoms with Crippen molar-refractivity contribution in [3.8, 4) is 0 Å². The Labute approximate surface area is 105 Å². The van der Waals surface area contributed by atoms with Crippen molar-refractivity contribution in [3.05, 3.63) is 34.6 Å². The molecule has 17 heavy (non-hydrogen) atoms. The summed E-state index contributed by atoms with van der Waals surface area (Å²) < 4.78 is 13.4. The van der Waals surface area contributed by atoms with Crippen LogP contribution in [0.5, 0.6) is 0 Å². The van der Waals surface area contributed by atoms with Crippen LogP contribution in [0.3, 0.4) is 0 Å². The van der Waals surface area contributed by atoms with Gasteiger partial charge < -0.3 is 10.6 Å². The minimum absolute atomic E-state index is 0.154. The van der Waals surface area contributed by atoms with Gasteiger partial charge in [-0.1, -0.05) is 31.0 Å². The van der Waals surface area contributed by atoms with Gasteiger partial charge in [0.25, 0.3) is 0 Å². The van der Waals surface area contributed by atoms with E-state index in [9.17, 15) is 9.18 Å². The molecule has 1 aromatic rings. The summed E-state index contributed by atoms with van der Waals surface area (Å²) in [5, 5.41) is 5.62. The maximum absolute atomic E-state index is 13.4. The Morgan fingerprint density at radius 2 is 2.18 bits per heavy atom. The third-order valence-corrected chi connectivity index (χ3v) is 2.51. The highest BCUT2D eigenvalue weighted by molar-refractivity contribution is 6.30. The molecule has 0 aliphatic carbocycles. The Morgan fingerprint density at radius 1 is 1.41 bits per heavy atom. The summed E-state index contributed by atoms with van der Waals surface area (Å²) >= 11 is 5.62. The quantitative estimate of drug-likeness (QED) is 0.783. The summed E-state index contributed by atoms with van der Waals surface area (Å²) in [5.74, 6) is -0.411. The molecule has 0 aliphatic rings. The highest BCUT2D eigenvalue weighted by atomic mass is 35.5. The van der Waals surface area contributed by atoms with E-state index in [1.54, 1.807) is 12.1 Å². The molecule has 1 rings (SSSR count). The van der Waals surface area contributed by atoms with Gasteiger partial charge in [-0.05, 0) is 18.6 Å². The fraction of sp³-hybridized carbons (Fsp3) is 0.417. The summed E-state index contributed by atoms with van der Waals surface area (Å²) in [6, 6.07) is 4.10. The van der Waals surface area contributed by atoms with Crippen molar-refractivity contribution in [2.75, 3.05) is 6.54 Å². The van der Waals surface area contributed by atoms with Gasteiger partial charge in [0.05, 0.1) is 0 Å². The van der Waals surface area contributed by atoms with Crippen molar-refractivity contribution < 1.29 is 9.18 Å². The number of hydrogen-bond donors (Lipinski definition) is 2. The summed E-state index contributed by atoms with van der Waals surface area (Å²) in [5.41, 5.74) is 0.417. The first-order valence-electron chi connectivity index (χ1n) is 5.59. The standard InChI is InChI=1S/C12H16ClFN2O/c1-2-3-6-15-12(17)16-8-9-4-5-10(13)7-11(9)14/h4-5,7H,2-3,6,8H2,1H3,(H2,15,16,17). The molecule has 2 amide bonds. The molecule has 1 aromatic carbocycles. The molecule has 0 spiro atoms. The largest absolute Gasteiger partial charge is 0.338 e. The van der Waals surface area contributed by atoms with Crippen molar-refractivity contribution in [2.45, 2.75) is 26.3 Å². The van der Waals surface area contributed by atoms with Gasteiger partial charge in [-0.15, -0.1) is 0 Å². The Balaban J connectivity index is 2.37. The van der Waals surface area contributed by atoms with Crippen LogP contribution in [0.15, 0.2) is 18.2 Å². The number of amides is 2. The van der Waals surface area contributed by atoms with E-state index >= 15 is 0 Å². The lowest BCUT2D eigenvalue weighted by atomic mass is 10.2. The number of rotatable bonds is 5. The second-order valence-electron chi connectivity index (χ2n) is 3.70. The van der Waals surface area contributed by atoms with Crippen LogP contribution in [-0.2, 0) is 6.54 Å². The molecule has 0 fully saturated rings. The van der Waals surface area contributed by atoms with Crippen LogP contribution in [0.4, 0.5) is 9.18 Å². The SMILES string of the molecule is CCCCNC(=O)NCc1ccc(Cl)cc1F. The zero-order valence-corrected chi connectivity index (χ0v) is 10.5. The lowest BCUT2D eigenvalue weighted by Crippen LogP contribution is -2.35. The zero-order valence-electron chi connectivity index (χ0n) is 9.72. The Bertz CT molecular complexity index is 385. The molecule has 0 saturated carbocycles. The van der Waals surface area contributed by atoms with Crippen LogP contribution in [0.25, 0.3) is 0 Å². The van der Waals surface area contributed by atoms with Gasteiger partial charge in [0, 0.05) is 23.7 Å². The summed E-state index contributed by atoms with van der Waals surface area (Å²) in [6.07, 6.45) is 1.95. The van der Waals surface area contributed by atoms with E-state index in [0.29, 0.717) is 17.1 Å². The highest BCUT2D eigenvalue weighted by Crippen LogP contribution is 2.14. The van der Waals surface area contributed by atoms with Gasteiger partial charge in [0.2, 0.25) is 0 Å². The van der Waals surface area contributed by atoms with Gasteiger partial charge >= 0.3 is 6.03 Å². The normalized spacial score (nSPS) is 10.1. The van der Waals surface area contributed by atoms with Crippen molar-refractivity contribution in [1.29, 1.82) is 0 Å². The molecule has 0 heterocycles. The molecule has 94 valence electrons. The molecule has 0 aliphatic heterocycles. The molecule has 0 saturated heterocycles. The van der Waals surface area contributed by atoms with Crippen molar-refractivity contribution in [2.24, 2.45) is 0 Å². The first kappa shape index (κ1) is 13.8. The van der Waals surface area contributed by atoms with Gasteiger partial charge in [0.15, 0.2) is 0 Å². The maximum Gasteiger partial charge on any atom is 0.315 e. The van der Waals surface area contributed by atoms with Gasteiger partial charge in [-0.3, -0.25) is 0 Å². The van der Waals surface area contributed by atoms with Crippen LogP contribution in [0, 0.1) is 5.82 Å². The molecular formula is C12H16ClFN2O. The van der Waals surface area contributed by atoms with Gasteiger partial charge in [0.1, 0.15) is 5.82 Å². The number of halogens is 2. The fourth-order valence-electron chi connectivity index (χ4n) is 1.28. The Kier molecular flexibility index (Phi) is 5.77. The fourth-order valence-corrected chi connectivity index (χ4v) is 1.44. The van der Waals surface area contributed by atoms with Gasteiger partial charge in [-0.2, -0.15) is 0 Å². The van der Waals surface area contributed by atoms with Crippen molar-refractivity contribution in [1.82, 2.24) is 10.6 Å². The summed E-state index contributed by atoms with van der Waals surface area (Å²) in [6.45, 7) is 2.83. The molecule has 0 bridgehead atoms. The van der Waals surface area contributed by atoms with Crippen molar-refractivity contribution in [3.63, 3.8) is 0 Å². The monoisotopic (exact) mass is 258 g/mol. The molecular weight excluding hydrogens is 243 g/mol. The predicted octanol–water partition coefficient (Wildman–Crippen LogP) is 3.08. The number of urea groups is 1. The number of benzene rings is 1. The second-order valence-corrected chi connectivity index (χ2v) is 4.14. The number of nitrogens with one attached hydrogen (secondary N) is 2. The van der Waals surface area contributed by atoms with Crippen molar-refractivity contribution >= 4 is 17.6 Å². The van der Waals surface area contributed by atoms with E-state index in [-0.39, 0.29) is 12.6 Å². The summed E-state index contributed by atoms with van der Waals surface area (Å²) in [7, 11) is 0. The molecule has 5 heteroatoms. The Hall–Kier alpha value is -1.29. The second kappa shape index (κ2) is 7.12. The van der Waals surface area contributed by atoms with Crippen LogP contribution in [0.2, 0.25) is 5.02 Å². The van der Waals surface area contributed by atoms with E-state index in [2.05, 4.69) is 10.6 Å². The van der Waals surface area contributed by atoms with E-state index in [0.717, 1.165) is 12.8 Å². The van der Waals surface area contributed by atoms with E-state index in [1.807, 2.05) is 6.92 Å². The third-order valence-electron chi connectivity index (χ3n) is 2.27. The van der Waals surface area contributed by atoms with E-state index in [4.69, 9.17) is 11.6 Å². The predicted molar refractivity (Wildman–Crippen MR) is 66.6 cm³/mol. The highest BCUT2D eigenvalue weighted by Gasteiger charge is 2.04. The molecule has 0 atom stereocenters. The van der Waals surface area contributed by atoms with Crippen LogP contribution >= 0.6 is 11.6 Å². The van der Waals surface area contributed by atoms with Crippen LogP contribution < -0.4 is 10.6 Å². The Morgan fingerprint density at radius 3 is 2.82 bits per heavy atom. The molecule has 0 unspecified atom stereocenters. The number of hydrogen-bond acceptors (Lipinski definition) is 1. The average molecular weight is 259 g/mol. The molecule has 2 N–H and O–H groups in total. The van der Waals surface area contributed by atoms with Gasteiger partial charge in [-0.25, -0.2) is 9.18 Å². The minimum Gasteiger partial charge on any atom is -0.338 e. The van der Waals surface area contributed by atoms with E-state index < -0.39 is 5.82 Å². The number of carbonyl (C=O) groups is 1. The maximum atomic E-state index is 13.4.